The zero-order chi connectivity index (χ0) is 20.1. The highest BCUT2D eigenvalue weighted by Crippen LogP contribution is 2.36. The number of hydrogen-bond acceptors (Lipinski definition) is 4. The van der Waals surface area contributed by atoms with Crippen LogP contribution in [0.2, 0.25) is 10.0 Å². The highest BCUT2D eigenvalue weighted by Gasteiger charge is 2.19. The minimum Gasteiger partial charge on any atom is -0.462 e. The molecule has 8 heteroatoms. The van der Waals surface area contributed by atoms with E-state index in [1.54, 1.807) is 31.2 Å². The van der Waals surface area contributed by atoms with Crippen molar-refractivity contribution in [1.82, 2.24) is 0 Å². The van der Waals surface area contributed by atoms with Crippen LogP contribution >= 0.6 is 46.8 Å². The molecule has 0 saturated carbocycles. The van der Waals surface area contributed by atoms with Crippen LogP contribution in [0.3, 0.4) is 0 Å². The molecule has 3 rings (SSSR count). The van der Waals surface area contributed by atoms with Crippen molar-refractivity contribution >= 4 is 68.5 Å². The first-order valence-corrected chi connectivity index (χ1v) is 10.4. The molecule has 0 fully saturated rings. The van der Waals surface area contributed by atoms with Crippen molar-refractivity contribution in [1.29, 1.82) is 0 Å². The van der Waals surface area contributed by atoms with Gasteiger partial charge in [-0.25, -0.2) is 4.79 Å². The summed E-state index contributed by atoms with van der Waals surface area (Å²) in [6.07, 6.45) is 0. The van der Waals surface area contributed by atoms with Gasteiger partial charge in [0.15, 0.2) is 5.11 Å². The Balaban J connectivity index is 1.85. The van der Waals surface area contributed by atoms with Crippen LogP contribution in [0, 0.1) is 0 Å². The predicted octanol–water partition coefficient (Wildman–Crippen LogP) is 6.71. The molecule has 144 valence electrons. The lowest BCUT2D eigenvalue weighted by atomic mass is 10.1. The molecule has 0 unspecified atom stereocenters. The molecule has 28 heavy (non-hydrogen) atoms. The molecule has 2 aromatic carbocycles. The van der Waals surface area contributed by atoms with Crippen LogP contribution < -0.4 is 10.6 Å². The van der Waals surface area contributed by atoms with E-state index < -0.39 is 5.97 Å². The summed E-state index contributed by atoms with van der Waals surface area (Å²) in [5.74, 6) is -0.407. The second kappa shape index (κ2) is 9.39. The smallest absolute Gasteiger partial charge is 0.341 e. The standard InChI is InChI=1S/C20H16Cl2N2O2S2/c1-2-26-19(25)14-11-17(12-6-4-3-5-7-12)28-18(14)24-20(27)23-16-9-8-13(21)10-15(16)22/h3-11H,2H2,1H3,(H2,23,24,27). The van der Waals surface area contributed by atoms with Gasteiger partial charge in [-0.3, -0.25) is 0 Å². The fourth-order valence-corrected chi connectivity index (χ4v) is 4.22. The Labute approximate surface area is 182 Å². The van der Waals surface area contributed by atoms with Crippen molar-refractivity contribution < 1.29 is 9.53 Å². The maximum Gasteiger partial charge on any atom is 0.341 e. The first-order chi connectivity index (χ1) is 13.5. The van der Waals surface area contributed by atoms with Gasteiger partial charge in [0.2, 0.25) is 0 Å². The van der Waals surface area contributed by atoms with Crippen LogP contribution in [-0.4, -0.2) is 17.7 Å². The Kier molecular flexibility index (Phi) is 6.91. The second-order valence-electron chi connectivity index (χ2n) is 5.64. The summed E-state index contributed by atoms with van der Waals surface area (Å²) in [4.78, 5) is 13.3. The minimum atomic E-state index is -0.407. The summed E-state index contributed by atoms with van der Waals surface area (Å²) in [6, 6.07) is 16.7. The number of benzene rings is 2. The Hall–Kier alpha value is -2.12. The van der Waals surface area contributed by atoms with Gasteiger partial charge >= 0.3 is 5.97 Å². The van der Waals surface area contributed by atoms with E-state index in [4.69, 9.17) is 40.2 Å². The Bertz CT molecular complexity index is 1010. The van der Waals surface area contributed by atoms with Gasteiger partial charge in [0, 0.05) is 9.90 Å². The van der Waals surface area contributed by atoms with E-state index in [-0.39, 0.29) is 6.61 Å². The van der Waals surface area contributed by atoms with Gasteiger partial charge in [-0.2, -0.15) is 0 Å². The van der Waals surface area contributed by atoms with Crippen LogP contribution in [0.15, 0.2) is 54.6 Å². The fraction of sp³-hybridized carbons (Fsp3) is 0.100. The van der Waals surface area contributed by atoms with Gasteiger partial charge in [-0.15, -0.1) is 11.3 Å². The largest absolute Gasteiger partial charge is 0.462 e. The van der Waals surface area contributed by atoms with Gasteiger partial charge in [-0.1, -0.05) is 53.5 Å². The van der Waals surface area contributed by atoms with Crippen molar-refractivity contribution in [2.24, 2.45) is 0 Å². The number of thiophene rings is 1. The summed E-state index contributed by atoms with van der Waals surface area (Å²) in [5.41, 5.74) is 2.05. The SMILES string of the molecule is CCOC(=O)c1cc(-c2ccccc2)sc1NC(=S)Nc1ccc(Cl)cc1Cl. The normalized spacial score (nSPS) is 10.4. The number of nitrogens with one attached hydrogen (secondary N) is 2. The van der Waals surface area contributed by atoms with E-state index in [9.17, 15) is 4.79 Å². The van der Waals surface area contributed by atoms with Gasteiger partial charge in [0.1, 0.15) is 5.00 Å². The van der Waals surface area contributed by atoms with Crippen molar-refractivity contribution in [3.05, 3.63) is 70.2 Å². The van der Waals surface area contributed by atoms with Gasteiger partial charge < -0.3 is 15.4 Å². The Morgan fingerprint density at radius 3 is 2.54 bits per heavy atom. The van der Waals surface area contributed by atoms with Gasteiger partial charge in [-0.05, 0) is 49.0 Å². The van der Waals surface area contributed by atoms with Gasteiger partial charge in [0.25, 0.3) is 0 Å². The van der Waals surface area contributed by atoms with Crippen molar-refractivity contribution in [3.63, 3.8) is 0 Å². The first-order valence-electron chi connectivity index (χ1n) is 8.37. The number of ether oxygens (including phenoxy) is 1. The van der Waals surface area contributed by atoms with Crippen molar-refractivity contribution in [2.45, 2.75) is 6.92 Å². The fourth-order valence-electron chi connectivity index (χ4n) is 2.44. The molecule has 0 aliphatic heterocycles. The van der Waals surface area contributed by atoms with Crippen LogP contribution in [0.1, 0.15) is 17.3 Å². The van der Waals surface area contributed by atoms with Crippen LogP contribution in [0.25, 0.3) is 10.4 Å². The molecule has 0 saturated heterocycles. The molecular weight excluding hydrogens is 435 g/mol. The third-order valence-electron chi connectivity index (χ3n) is 3.69. The third kappa shape index (κ3) is 5.02. The molecule has 0 spiro atoms. The third-order valence-corrected chi connectivity index (χ3v) is 5.54. The maximum absolute atomic E-state index is 12.4. The lowest BCUT2D eigenvalue weighted by Gasteiger charge is -2.12. The summed E-state index contributed by atoms with van der Waals surface area (Å²) < 4.78 is 5.18. The number of carbonyl (C=O) groups excluding carboxylic acids is 1. The summed E-state index contributed by atoms with van der Waals surface area (Å²) >= 11 is 18.9. The van der Waals surface area contributed by atoms with E-state index in [2.05, 4.69) is 10.6 Å². The average molecular weight is 451 g/mol. The molecule has 1 aromatic heterocycles. The average Bonchev–Trinajstić information content (AvgIpc) is 3.09. The van der Waals surface area contributed by atoms with Crippen molar-refractivity contribution in [3.8, 4) is 10.4 Å². The number of carbonyl (C=O) groups is 1. The zero-order valence-corrected chi connectivity index (χ0v) is 17.9. The number of halogens is 2. The van der Waals surface area contributed by atoms with Crippen molar-refractivity contribution in [2.75, 3.05) is 17.2 Å². The topological polar surface area (TPSA) is 50.4 Å². The Morgan fingerprint density at radius 2 is 1.86 bits per heavy atom. The van der Waals surface area contributed by atoms with E-state index in [1.165, 1.54) is 11.3 Å². The maximum atomic E-state index is 12.4. The molecule has 0 bridgehead atoms. The molecular formula is C20H16Cl2N2O2S2. The van der Waals surface area contributed by atoms with E-state index in [1.807, 2.05) is 30.3 Å². The first kappa shape index (κ1) is 20.6. The molecule has 3 aromatic rings. The highest BCUT2D eigenvalue weighted by atomic mass is 35.5. The molecule has 0 aliphatic carbocycles. The monoisotopic (exact) mass is 450 g/mol. The lowest BCUT2D eigenvalue weighted by molar-refractivity contribution is 0.0528. The molecule has 4 nitrogen and oxygen atoms in total. The molecule has 0 radical (unpaired) electrons. The van der Waals surface area contributed by atoms with E-state index in [0.717, 1.165) is 10.4 Å². The predicted molar refractivity (Wildman–Crippen MR) is 122 cm³/mol. The molecule has 2 N–H and O–H groups in total. The van der Waals surface area contributed by atoms with Crippen LogP contribution in [-0.2, 0) is 4.74 Å². The Morgan fingerprint density at radius 1 is 1.11 bits per heavy atom. The zero-order valence-electron chi connectivity index (χ0n) is 14.8. The summed E-state index contributed by atoms with van der Waals surface area (Å²) in [7, 11) is 0. The number of esters is 1. The molecule has 0 aliphatic rings. The minimum absolute atomic E-state index is 0.290. The van der Waals surface area contributed by atoms with E-state index in [0.29, 0.717) is 31.4 Å². The highest BCUT2D eigenvalue weighted by molar-refractivity contribution is 7.80. The molecule has 0 atom stereocenters. The number of thiocarbonyl (C=S) groups is 1. The molecule has 0 amide bonds. The molecule has 1 heterocycles. The van der Waals surface area contributed by atoms with Gasteiger partial charge in [0.05, 0.1) is 22.9 Å². The number of rotatable bonds is 5. The lowest BCUT2D eigenvalue weighted by Crippen LogP contribution is -2.20. The summed E-state index contributed by atoms with van der Waals surface area (Å²) in [5, 5.41) is 7.97. The van der Waals surface area contributed by atoms with Crippen LogP contribution in [0.5, 0.6) is 0 Å². The van der Waals surface area contributed by atoms with E-state index >= 15 is 0 Å². The van der Waals surface area contributed by atoms with Crippen LogP contribution in [0.4, 0.5) is 10.7 Å². The number of hydrogen-bond donors (Lipinski definition) is 2. The second-order valence-corrected chi connectivity index (χ2v) is 7.95. The summed E-state index contributed by atoms with van der Waals surface area (Å²) in [6.45, 7) is 2.06. The number of anilines is 2. The quantitative estimate of drug-likeness (QED) is 0.334.